The normalized spacial score (nSPS) is 13.0. The summed E-state index contributed by atoms with van der Waals surface area (Å²) in [7, 11) is 0. The van der Waals surface area contributed by atoms with Crippen LogP contribution < -0.4 is 10.6 Å². The first-order chi connectivity index (χ1) is 15.1. The van der Waals surface area contributed by atoms with E-state index in [-0.39, 0.29) is 11.8 Å². The van der Waals surface area contributed by atoms with Crippen molar-refractivity contribution >= 4 is 45.8 Å². The molecule has 0 saturated heterocycles. The SMILES string of the molecule is O=C1CCc2cc(NC(=O)c3nc4ccc(Cl)cc4n3Cc3ccccc3)ccc2N1. The second kappa shape index (κ2) is 7.89. The lowest BCUT2D eigenvalue weighted by Crippen LogP contribution is -2.21. The van der Waals surface area contributed by atoms with Crippen LogP contribution in [0.15, 0.2) is 66.7 Å². The van der Waals surface area contributed by atoms with Gasteiger partial charge in [0.25, 0.3) is 5.91 Å². The van der Waals surface area contributed by atoms with Crippen molar-refractivity contribution in [3.05, 3.63) is 88.7 Å². The summed E-state index contributed by atoms with van der Waals surface area (Å²) < 4.78 is 1.88. The van der Waals surface area contributed by atoms with Crippen LogP contribution in [0.1, 0.15) is 28.2 Å². The fraction of sp³-hybridized carbons (Fsp3) is 0.125. The van der Waals surface area contributed by atoms with Crippen molar-refractivity contribution in [2.75, 3.05) is 10.6 Å². The van der Waals surface area contributed by atoms with Crippen molar-refractivity contribution in [2.45, 2.75) is 19.4 Å². The van der Waals surface area contributed by atoms with E-state index in [0.29, 0.717) is 41.4 Å². The van der Waals surface area contributed by atoms with E-state index < -0.39 is 0 Å². The van der Waals surface area contributed by atoms with Crippen molar-refractivity contribution in [1.82, 2.24) is 9.55 Å². The number of carbonyl (C=O) groups is 2. The van der Waals surface area contributed by atoms with Gasteiger partial charge < -0.3 is 15.2 Å². The van der Waals surface area contributed by atoms with E-state index in [2.05, 4.69) is 15.6 Å². The topological polar surface area (TPSA) is 76.0 Å². The minimum absolute atomic E-state index is 0.0116. The highest BCUT2D eigenvalue weighted by Gasteiger charge is 2.20. The molecule has 6 nitrogen and oxygen atoms in total. The van der Waals surface area contributed by atoms with Gasteiger partial charge in [-0.3, -0.25) is 9.59 Å². The molecule has 31 heavy (non-hydrogen) atoms. The molecule has 4 aromatic rings. The molecular formula is C24H19ClN4O2. The molecule has 2 amide bonds. The Labute approximate surface area is 183 Å². The summed E-state index contributed by atoms with van der Waals surface area (Å²) in [6.45, 7) is 0.497. The van der Waals surface area contributed by atoms with Gasteiger partial charge in [0.15, 0.2) is 0 Å². The maximum atomic E-state index is 13.2. The van der Waals surface area contributed by atoms with E-state index in [1.165, 1.54) is 0 Å². The monoisotopic (exact) mass is 430 g/mol. The molecule has 1 aliphatic rings. The Kier molecular flexibility index (Phi) is 4.92. The lowest BCUT2D eigenvalue weighted by atomic mass is 10.0. The number of aryl methyl sites for hydroxylation is 1. The van der Waals surface area contributed by atoms with Crippen molar-refractivity contribution in [3.8, 4) is 0 Å². The molecular weight excluding hydrogens is 412 g/mol. The second-order valence-corrected chi connectivity index (χ2v) is 7.95. The molecule has 5 rings (SSSR count). The van der Waals surface area contributed by atoms with Gasteiger partial charge in [-0.25, -0.2) is 4.98 Å². The lowest BCUT2D eigenvalue weighted by Gasteiger charge is -2.18. The standard InChI is InChI=1S/C24H19ClN4O2/c25-17-7-9-20-21(13-17)29(14-15-4-2-1-3-5-15)23(28-20)24(31)26-18-8-10-19-16(12-18)6-11-22(30)27-19/h1-5,7-10,12-13H,6,11,14H2,(H,26,31)(H,27,30). The van der Waals surface area contributed by atoms with Gasteiger partial charge in [0, 0.05) is 29.4 Å². The van der Waals surface area contributed by atoms with Crippen molar-refractivity contribution in [3.63, 3.8) is 0 Å². The highest BCUT2D eigenvalue weighted by molar-refractivity contribution is 6.31. The largest absolute Gasteiger partial charge is 0.326 e. The number of fused-ring (bicyclic) bond motifs is 2. The van der Waals surface area contributed by atoms with Crippen LogP contribution >= 0.6 is 11.6 Å². The molecule has 1 aromatic heterocycles. The number of aromatic nitrogens is 2. The number of hydrogen-bond donors (Lipinski definition) is 2. The number of rotatable bonds is 4. The summed E-state index contributed by atoms with van der Waals surface area (Å²) >= 11 is 6.22. The van der Waals surface area contributed by atoms with Crippen LogP contribution in [-0.4, -0.2) is 21.4 Å². The number of anilines is 2. The molecule has 154 valence electrons. The zero-order chi connectivity index (χ0) is 21.4. The van der Waals surface area contributed by atoms with Gasteiger partial charge in [-0.2, -0.15) is 0 Å². The summed E-state index contributed by atoms with van der Waals surface area (Å²) in [5.41, 5.74) is 5.02. The van der Waals surface area contributed by atoms with E-state index >= 15 is 0 Å². The quantitative estimate of drug-likeness (QED) is 0.484. The van der Waals surface area contributed by atoms with Crippen LogP contribution in [0.3, 0.4) is 0 Å². The Morgan fingerprint density at radius 1 is 1.06 bits per heavy atom. The predicted molar refractivity (Wildman–Crippen MR) is 122 cm³/mol. The van der Waals surface area contributed by atoms with Crippen LogP contribution in [-0.2, 0) is 17.8 Å². The predicted octanol–water partition coefficient (Wildman–Crippen LogP) is 4.88. The molecule has 0 fully saturated rings. The van der Waals surface area contributed by atoms with E-state index in [1.54, 1.807) is 12.1 Å². The Balaban J connectivity index is 1.50. The molecule has 0 spiro atoms. The lowest BCUT2D eigenvalue weighted by molar-refractivity contribution is -0.116. The molecule has 0 radical (unpaired) electrons. The number of nitrogens with zero attached hydrogens (tertiary/aromatic N) is 2. The zero-order valence-electron chi connectivity index (χ0n) is 16.6. The number of benzene rings is 3. The number of carbonyl (C=O) groups excluding carboxylic acids is 2. The Hall–Kier alpha value is -3.64. The van der Waals surface area contributed by atoms with Crippen molar-refractivity contribution in [2.24, 2.45) is 0 Å². The van der Waals surface area contributed by atoms with E-state index in [9.17, 15) is 9.59 Å². The second-order valence-electron chi connectivity index (χ2n) is 7.51. The van der Waals surface area contributed by atoms with E-state index in [4.69, 9.17) is 11.6 Å². The Morgan fingerprint density at radius 2 is 1.90 bits per heavy atom. The number of nitrogens with one attached hydrogen (secondary N) is 2. The van der Waals surface area contributed by atoms with Crippen LogP contribution in [0.2, 0.25) is 5.02 Å². The highest BCUT2D eigenvalue weighted by atomic mass is 35.5. The highest BCUT2D eigenvalue weighted by Crippen LogP contribution is 2.27. The molecule has 3 aromatic carbocycles. The molecule has 2 N–H and O–H groups in total. The fourth-order valence-corrected chi connectivity index (χ4v) is 4.01. The van der Waals surface area contributed by atoms with Gasteiger partial charge in [0.1, 0.15) is 0 Å². The fourth-order valence-electron chi connectivity index (χ4n) is 3.84. The van der Waals surface area contributed by atoms with Gasteiger partial charge in [0.2, 0.25) is 11.7 Å². The Bertz CT molecular complexity index is 1310. The minimum Gasteiger partial charge on any atom is -0.326 e. The maximum absolute atomic E-state index is 13.2. The molecule has 2 heterocycles. The summed E-state index contributed by atoms with van der Waals surface area (Å²) in [6, 6.07) is 20.8. The van der Waals surface area contributed by atoms with E-state index in [0.717, 1.165) is 22.3 Å². The molecule has 0 saturated carbocycles. The third-order valence-corrected chi connectivity index (χ3v) is 5.59. The van der Waals surface area contributed by atoms with Gasteiger partial charge in [-0.15, -0.1) is 0 Å². The first-order valence-electron chi connectivity index (χ1n) is 10.0. The van der Waals surface area contributed by atoms with Crippen molar-refractivity contribution in [1.29, 1.82) is 0 Å². The molecule has 0 aliphatic carbocycles. The Morgan fingerprint density at radius 3 is 2.74 bits per heavy atom. The number of imidazole rings is 1. The van der Waals surface area contributed by atoms with Crippen LogP contribution in [0.4, 0.5) is 11.4 Å². The maximum Gasteiger partial charge on any atom is 0.291 e. The van der Waals surface area contributed by atoms with Gasteiger partial charge >= 0.3 is 0 Å². The molecule has 0 unspecified atom stereocenters. The summed E-state index contributed by atoms with van der Waals surface area (Å²) in [4.78, 5) is 29.4. The van der Waals surface area contributed by atoms with Crippen LogP contribution in [0, 0.1) is 0 Å². The average Bonchev–Trinajstić information content (AvgIpc) is 3.12. The van der Waals surface area contributed by atoms with Crippen LogP contribution in [0.5, 0.6) is 0 Å². The van der Waals surface area contributed by atoms with Crippen molar-refractivity contribution < 1.29 is 9.59 Å². The first kappa shape index (κ1) is 19.3. The third-order valence-electron chi connectivity index (χ3n) is 5.36. The van der Waals surface area contributed by atoms with Gasteiger partial charge in [-0.05, 0) is 53.9 Å². The molecule has 0 atom stereocenters. The summed E-state index contributed by atoms with van der Waals surface area (Å²) in [5, 5.41) is 6.39. The summed E-state index contributed by atoms with van der Waals surface area (Å²) in [6.07, 6.45) is 1.09. The van der Waals surface area contributed by atoms with Gasteiger partial charge in [0.05, 0.1) is 11.0 Å². The minimum atomic E-state index is -0.303. The number of halogens is 1. The third kappa shape index (κ3) is 3.90. The zero-order valence-corrected chi connectivity index (χ0v) is 17.3. The van der Waals surface area contributed by atoms with Crippen LogP contribution in [0.25, 0.3) is 11.0 Å². The smallest absolute Gasteiger partial charge is 0.291 e. The number of amides is 2. The van der Waals surface area contributed by atoms with E-state index in [1.807, 2.05) is 59.2 Å². The first-order valence-corrected chi connectivity index (χ1v) is 10.4. The average molecular weight is 431 g/mol. The van der Waals surface area contributed by atoms with Gasteiger partial charge in [-0.1, -0.05) is 41.9 Å². The molecule has 1 aliphatic heterocycles. The molecule has 0 bridgehead atoms. The molecule has 7 heteroatoms. The number of hydrogen-bond acceptors (Lipinski definition) is 3. The summed E-state index contributed by atoms with van der Waals surface area (Å²) in [5.74, 6) is 0.0211.